The van der Waals surface area contributed by atoms with Gasteiger partial charge in [-0.15, -0.1) is 0 Å². The molecule has 1 aromatic rings. The maximum Gasteiger partial charge on any atom is 0.251 e. The Kier molecular flexibility index (Phi) is 6.36. The molecule has 0 aliphatic rings. The number of hydrogen-bond acceptors (Lipinski definition) is 2. The number of nitrogens with two attached hydrogens (primary N) is 1. The standard InChI is InChI=1S/C14H21BrN2O/c1-3-4-6-11(9-16)17-14(18)12-7-5-8-13(15)10(12)2/h5,7-8,11H,3-4,6,9,16H2,1-2H3,(H,17,18). The maximum atomic E-state index is 12.2. The van der Waals surface area contributed by atoms with Crippen LogP contribution in [0.4, 0.5) is 0 Å². The lowest BCUT2D eigenvalue weighted by molar-refractivity contribution is 0.0935. The summed E-state index contributed by atoms with van der Waals surface area (Å²) >= 11 is 3.43. The number of unbranched alkanes of at least 4 members (excludes halogenated alkanes) is 1. The molecule has 0 aromatic heterocycles. The molecule has 0 bridgehead atoms. The van der Waals surface area contributed by atoms with Crippen molar-refractivity contribution in [2.45, 2.75) is 39.2 Å². The summed E-state index contributed by atoms with van der Waals surface area (Å²) in [6, 6.07) is 5.71. The maximum absolute atomic E-state index is 12.2. The Balaban J connectivity index is 2.72. The van der Waals surface area contributed by atoms with Crippen molar-refractivity contribution in [2.75, 3.05) is 6.54 Å². The fourth-order valence-electron chi connectivity index (χ4n) is 1.82. The molecule has 1 atom stereocenters. The summed E-state index contributed by atoms with van der Waals surface area (Å²) in [6.45, 7) is 4.55. The highest BCUT2D eigenvalue weighted by Gasteiger charge is 2.14. The molecule has 3 nitrogen and oxygen atoms in total. The summed E-state index contributed by atoms with van der Waals surface area (Å²) in [7, 11) is 0. The van der Waals surface area contributed by atoms with E-state index in [0.29, 0.717) is 12.1 Å². The number of nitrogens with one attached hydrogen (secondary N) is 1. The first-order valence-corrected chi connectivity index (χ1v) is 7.15. The van der Waals surface area contributed by atoms with Crippen molar-refractivity contribution in [3.8, 4) is 0 Å². The lowest BCUT2D eigenvalue weighted by atomic mass is 10.1. The highest BCUT2D eigenvalue weighted by atomic mass is 79.9. The van der Waals surface area contributed by atoms with E-state index in [4.69, 9.17) is 5.73 Å². The Bertz CT molecular complexity index is 407. The minimum Gasteiger partial charge on any atom is -0.348 e. The largest absolute Gasteiger partial charge is 0.348 e. The summed E-state index contributed by atoms with van der Waals surface area (Å²) in [5, 5.41) is 3.00. The van der Waals surface area contributed by atoms with Gasteiger partial charge in [-0.25, -0.2) is 0 Å². The van der Waals surface area contributed by atoms with Crippen LogP contribution in [0.5, 0.6) is 0 Å². The van der Waals surface area contributed by atoms with E-state index in [-0.39, 0.29) is 11.9 Å². The van der Waals surface area contributed by atoms with Crippen LogP contribution >= 0.6 is 15.9 Å². The average molecular weight is 313 g/mol. The van der Waals surface area contributed by atoms with Gasteiger partial charge in [-0.2, -0.15) is 0 Å². The van der Waals surface area contributed by atoms with E-state index in [1.54, 1.807) is 0 Å². The van der Waals surface area contributed by atoms with Gasteiger partial charge in [0.1, 0.15) is 0 Å². The Morgan fingerprint density at radius 3 is 2.83 bits per heavy atom. The third kappa shape index (κ3) is 4.10. The van der Waals surface area contributed by atoms with Crippen LogP contribution in [-0.2, 0) is 0 Å². The Labute approximate surface area is 117 Å². The summed E-state index contributed by atoms with van der Waals surface area (Å²) in [6.07, 6.45) is 3.13. The minimum atomic E-state index is -0.0413. The average Bonchev–Trinajstić information content (AvgIpc) is 2.37. The van der Waals surface area contributed by atoms with Crippen molar-refractivity contribution in [3.63, 3.8) is 0 Å². The lowest BCUT2D eigenvalue weighted by Gasteiger charge is -2.17. The van der Waals surface area contributed by atoms with Crippen molar-refractivity contribution in [1.29, 1.82) is 0 Å². The predicted octanol–water partition coefficient (Wildman–Crippen LogP) is 3.00. The molecule has 0 heterocycles. The van der Waals surface area contributed by atoms with Gasteiger partial charge in [0, 0.05) is 22.6 Å². The second-order valence-electron chi connectivity index (χ2n) is 4.46. The van der Waals surface area contributed by atoms with Crippen molar-refractivity contribution in [3.05, 3.63) is 33.8 Å². The van der Waals surface area contributed by atoms with Crippen LogP contribution in [0.1, 0.15) is 42.1 Å². The highest BCUT2D eigenvalue weighted by Crippen LogP contribution is 2.19. The van der Waals surface area contributed by atoms with Gasteiger partial charge >= 0.3 is 0 Å². The van der Waals surface area contributed by atoms with Gasteiger partial charge in [-0.3, -0.25) is 4.79 Å². The molecule has 1 aromatic carbocycles. The molecule has 0 fully saturated rings. The number of rotatable bonds is 6. The van der Waals surface area contributed by atoms with Gasteiger partial charge in [0.05, 0.1) is 0 Å². The highest BCUT2D eigenvalue weighted by molar-refractivity contribution is 9.10. The topological polar surface area (TPSA) is 55.1 Å². The number of carbonyl (C=O) groups is 1. The molecule has 0 saturated heterocycles. The minimum absolute atomic E-state index is 0.0413. The molecule has 0 aliphatic carbocycles. The number of hydrogen-bond donors (Lipinski definition) is 2. The molecular weight excluding hydrogens is 292 g/mol. The van der Waals surface area contributed by atoms with Gasteiger partial charge in [0.2, 0.25) is 0 Å². The third-order valence-corrected chi connectivity index (χ3v) is 3.90. The summed E-state index contributed by atoms with van der Waals surface area (Å²) in [4.78, 5) is 12.2. The van der Waals surface area contributed by atoms with E-state index in [1.165, 1.54) is 0 Å². The Hall–Kier alpha value is -0.870. The Morgan fingerprint density at radius 2 is 2.22 bits per heavy atom. The zero-order valence-electron chi connectivity index (χ0n) is 11.0. The second kappa shape index (κ2) is 7.54. The van der Waals surface area contributed by atoms with Crippen molar-refractivity contribution in [2.24, 2.45) is 5.73 Å². The zero-order chi connectivity index (χ0) is 13.5. The number of halogens is 1. The molecular formula is C14H21BrN2O. The molecule has 100 valence electrons. The van der Waals surface area contributed by atoms with Crippen LogP contribution in [0.25, 0.3) is 0 Å². The third-order valence-electron chi connectivity index (χ3n) is 3.04. The van der Waals surface area contributed by atoms with E-state index >= 15 is 0 Å². The fourth-order valence-corrected chi connectivity index (χ4v) is 2.18. The molecule has 1 amide bonds. The summed E-state index contributed by atoms with van der Waals surface area (Å²) in [5.74, 6) is -0.0413. The van der Waals surface area contributed by atoms with Crippen molar-refractivity contribution < 1.29 is 4.79 Å². The first kappa shape index (κ1) is 15.2. The van der Waals surface area contributed by atoms with Crippen LogP contribution in [0, 0.1) is 6.92 Å². The second-order valence-corrected chi connectivity index (χ2v) is 5.32. The summed E-state index contributed by atoms with van der Waals surface area (Å²) < 4.78 is 0.952. The van der Waals surface area contributed by atoms with Crippen LogP contribution in [-0.4, -0.2) is 18.5 Å². The van der Waals surface area contributed by atoms with Gasteiger partial charge < -0.3 is 11.1 Å². The summed E-state index contributed by atoms with van der Waals surface area (Å²) in [5.41, 5.74) is 7.35. The molecule has 1 unspecified atom stereocenters. The van der Waals surface area contributed by atoms with E-state index in [0.717, 1.165) is 29.3 Å². The fraction of sp³-hybridized carbons (Fsp3) is 0.500. The smallest absolute Gasteiger partial charge is 0.251 e. The molecule has 18 heavy (non-hydrogen) atoms. The van der Waals surface area contributed by atoms with Crippen LogP contribution in [0.2, 0.25) is 0 Å². The first-order chi connectivity index (χ1) is 8.60. The van der Waals surface area contributed by atoms with Crippen molar-refractivity contribution >= 4 is 21.8 Å². The van der Waals surface area contributed by atoms with Crippen LogP contribution < -0.4 is 11.1 Å². The first-order valence-electron chi connectivity index (χ1n) is 6.36. The van der Waals surface area contributed by atoms with Gasteiger partial charge in [0.15, 0.2) is 0 Å². The normalized spacial score (nSPS) is 12.2. The van der Waals surface area contributed by atoms with E-state index in [2.05, 4.69) is 28.2 Å². The molecule has 3 N–H and O–H groups in total. The molecule has 4 heteroatoms. The molecule has 0 aliphatic heterocycles. The van der Waals surface area contributed by atoms with E-state index in [9.17, 15) is 4.79 Å². The molecule has 0 saturated carbocycles. The Morgan fingerprint density at radius 1 is 1.50 bits per heavy atom. The monoisotopic (exact) mass is 312 g/mol. The quantitative estimate of drug-likeness (QED) is 0.848. The zero-order valence-corrected chi connectivity index (χ0v) is 12.6. The van der Waals surface area contributed by atoms with Crippen LogP contribution in [0.15, 0.2) is 22.7 Å². The number of benzene rings is 1. The van der Waals surface area contributed by atoms with E-state index < -0.39 is 0 Å². The number of carbonyl (C=O) groups excluding carboxylic acids is 1. The molecule has 0 spiro atoms. The van der Waals surface area contributed by atoms with Crippen LogP contribution in [0.3, 0.4) is 0 Å². The van der Waals surface area contributed by atoms with Gasteiger partial charge in [-0.05, 0) is 31.0 Å². The number of amides is 1. The lowest BCUT2D eigenvalue weighted by Crippen LogP contribution is -2.40. The van der Waals surface area contributed by atoms with E-state index in [1.807, 2.05) is 25.1 Å². The predicted molar refractivity (Wildman–Crippen MR) is 78.7 cm³/mol. The van der Waals surface area contributed by atoms with Gasteiger partial charge in [-0.1, -0.05) is 41.8 Å². The molecule has 0 radical (unpaired) electrons. The van der Waals surface area contributed by atoms with Crippen molar-refractivity contribution in [1.82, 2.24) is 5.32 Å². The SMILES string of the molecule is CCCCC(CN)NC(=O)c1cccc(Br)c1C. The van der Waals surface area contributed by atoms with Gasteiger partial charge in [0.25, 0.3) is 5.91 Å². The molecule has 1 rings (SSSR count).